The number of nitrogens with one attached hydrogen (secondary N) is 2. The third-order valence-corrected chi connectivity index (χ3v) is 4.77. The number of benzene rings is 1. The third-order valence-electron chi connectivity index (χ3n) is 4.77. The fraction of sp³-hybridized carbons (Fsp3) is 0.474. The van der Waals surface area contributed by atoms with Crippen LogP contribution < -0.4 is 10.1 Å². The van der Waals surface area contributed by atoms with Crippen LogP contribution in [-0.4, -0.2) is 55.6 Å². The molecule has 0 unspecified atom stereocenters. The van der Waals surface area contributed by atoms with Gasteiger partial charge in [0.25, 0.3) is 0 Å². The first-order valence-corrected chi connectivity index (χ1v) is 8.82. The maximum atomic E-state index is 12.6. The van der Waals surface area contributed by atoms with Crippen molar-refractivity contribution >= 4 is 28.5 Å². The molecule has 7 heteroatoms. The Balaban J connectivity index is 1.85. The number of aromatic amines is 1. The summed E-state index contributed by atoms with van der Waals surface area (Å²) in [5.41, 5.74) is 1.38. The number of carbonyl (C=O) groups is 2. The van der Waals surface area contributed by atoms with Crippen molar-refractivity contribution in [3.8, 4) is 5.75 Å². The van der Waals surface area contributed by atoms with E-state index in [0.29, 0.717) is 29.4 Å². The van der Waals surface area contributed by atoms with Gasteiger partial charge in [0.2, 0.25) is 5.91 Å². The molecule has 1 saturated heterocycles. The Bertz CT molecular complexity index is 814. The minimum atomic E-state index is -0.526. The van der Waals surface area contributed by atoms with E-state index >= 15 is 0 Å². The first-order valence-electron chi connectivity index (χ1n) is 8.82. The van der Waals surface area contributed by atoms with Gasteiger partial charge in [0.05, 0.1) is 32.0 Å². The Hall–Kier alpha value is -2.54. The minimum absolute atomic E-state index is 0.138. The zero-order chi connectivity index (χ0) is 18.7. The second-order valence-corrected chi connectivity index (χ2v) is 6.81. The highest BCUT2D eigenvalue weighted by Crippen LogP contribution is 2.31. The van der Waals surface area contributed by atoms with Gasteiger partial charge in [-0.15, -0.1) is 0 Å². The first-order chi connectivity index (χ1) is 12.5. The highest BCUT2D eigenvalue weighted by molar-refractivity contribution is 6.11. The molecule has 0 saturated carbocycles. The van der Waals surface area contributed by atoms with Crippen molar-refractivity contribution in [1.82, 2.24) is 9.88 Å². The molecule has 2 heterocycles. The number of nitrogens with zero attached hydrogens (tertiary/aromatic N) is 1. The highest BCUT2D eigenvalue weighted by Gasteiger charge is 2.23. The molecular formula is C19H25N3O4. The predicted octanol–water partition coefficient (Wildman–Crippen LogP) is 2.63. The minimum Gasteiger partial charge on any atom is -0.497 e. The zero-order valence-electron chi connectivity index (χ0n) is 15.4. The number of aromatic nitrogens is 1. The van der Waals surface area contributed by atoms with E-state index in [1.165, 1.54) is 13.5 Å². The van der Waals surface area contributed by atoms with Gasteiger partial charge >= 0.3 is 5.97 Å². The van der Waals surface area contributed by atoms with E-state index in [4.69, 9.17) is 9.47 Å². The van der Waals surface area contributed by atoms with Crippen LogP contribution in [0.25, 0.3) is 10.9 Å². The molecular weight excluding hydrogens is 334 g/mol. The lowest BCUT2D eigenvalue weighted by Gasteiger charge is -2.30. The second kappa shape index (κ2) is 7.78. The van der Waals surface area contributed by atoms with Crippen LogP contribution in [-0.2, 0) is 9.53 Å². The molecule has 0 spiro atoms. The number of likely N-dealkylation sites (tertiary alicyclic amines) is 1. The SMILES string of the molecule is COC(=O)c1[nH]c2cc(OC)ccc2c1NC(=O)CN1CCC[C@H](C)C1. The molecule has 140 valence electrons. The standard InChI is InChI=1S/C19H25N3O4/c1-12-5-4-8-22(10-12)11-16(23)21-17-14-7-6-13(25-2)9-15(14)20-18(17)19(24)26-3/h6-7,9,12,20H,4-5,8,10-11H2,1-3H3,(H,21,23)/t12-/m0/s1. The molecule has 0 aliphatic carbocycles. The quantitative estimate of drug-likeness (QED) is 0.802. The van der Waals surface area contributed by atoms with Crippen molar-refractivity contribution in [2.75, 3.05) is 39.2 Å². The number of fused-ring (bicyclic) bond motifs is 1. The molecule has 1 aromatic heterocycles. The number of anilines is 1. The molecule has 1 atom stereocenters. The smallest absolute Gasteiger partial charge is 0.356 e. The number of carbonyl (C=O) groups excluding carboxylic acids is 2. The molecule has 0 bridgehead atoms. The van der Waals surface area contributed by atoms with Crippen LogP contribution in [0.15, 0.2) is 18.2 Å². The number of amides is 1. The Labute approximate surface area is 152 Å². The number of esters is 1. The summed E-state index contributed by atoms with van der Waals surface area (Å²) in [6.07, 6.45) is 2.31. The fourth-order valence-electron chi connectivity index (χ4n) is 3.50. The number of methoxy groups -OCH3 is 2. The molecule has 1 fully saturated rings. The van der Waals surface area contributed by atoms with Crippen LogP contribution in [0, 0.1) is 5.92 Å². The van der Waals surface area contributed by atoms with E-state index in [-0.39, 0.29) is 11.6 Å². The van der Waals surface area contributed by atoms with E-state index in [9.17, 15) is 9.59 Å². The lowest BCUT2D eigenvalue weighted by atomic mass is 10.0. The second-order valence-electron chi connectivity index (χ2n) is 6.81. The highest BCUT2D eigenvalue weighted by atomic mass is 16.5. The van der Waals surface area contributed by atoms with Crippen LogP contribution in [0.5, 0.6) is 5.75 Å². The van der Waals surface area contributed by atoms with E-state index in [1.54, 1.807) is 19.2 Å². The Morgan fingerprint density at radius 1 is 1.35 bits per heavy atom. The molecule has 1 aliphatic heterocycles. The lowest BCUT2D eigenvalue weighted by molar-refractivity contribution is -0.117. The molecule has 1 aromatic carbocycles. The first kappa shape index (κ1) is 18.3. The number of hydrogen-bond acceptors (Lipinski definition) is 5. The van der Waals surface area contributed by atoms with Crippen molar-refractivity contribution in [2.24, 2.45) is 5.92 Å². The molecule has 3 rings (SSSR count). The number of hydrogen-bond donors (Lipinski definition) is 2. The summed E-state index contributed by atoms with van der Waals surface area (Å²) < 4.78 is 10.1. The van der Waals surface area contributed by atoms with Gasteiger partial charge in [-0.2, -0.15) is 0 Å². The predicted molar refractivity (Wildman–Crippen MR) is 99.7 cm³/mol. The van der Waals surface area contributed by atoms with E-state index in [1.807, 2.05) is 6.07 Å². The van der Waals surface area contributed by atoms with Gasteiger partial charge < -0.3 is 19.8 Å². The lowest BCUT2D eigenvalue weighted by Crippen LogP contribution is -2.39. The van der Waals surface area contributed by atoms with Crippen LogP contribution in [0.3, 0.4) is 0 Å². The van der Waals surface area contributed by atoms with E-state index in [2.05, 4.69) is 22.1 Å². The molecule has 2 aromatic rings. The number of ether oxygens (including phenoxy) is 2. The van der Waals surface area contributed by atoms with Gasteiger partial charge in [0.1, 0.15) is 11.4 Å². The summed E-state index contributed by atoms with van der Waals surface area (Å²) in [5.74, 6) is 0.598. The summed E-state index contributed by atoms with van der Waals surface area (Å²) >= 11 is 0. The number of H-pyrrole nitrogens is 1. The Morgan fingerprint density at radius 3 is 2.85 bits per heavy atom. The summed E-state index contributed by atoms with van der Waals surface area (Å²) in [5, 5.41) is 3.64. The summed E-state index contributed by atoms with van der Waals surface area (Å²) in [6, 6.07) is 5.39. The van der Waals surface area contributed by atoms with Crippen molar-refractivity contribution in [1.29, 1.82) is 0 Å². The largest absolute Gasteiger partial charge is 0.497 e. The van der Waals surface area contributed by atoms with Gasteiger partial charge in [0, 0.05) is 18.0 Å². The van der Waals surface area contributed by atoms with Crippen LogP contribution in [0.1, 0.15) is 30.3 Å². The fourth-order valence-corrected chi connectivity index (χ4v) is 3.50. The third kappa shape index (κ3) is 3.83. The normalized spacial score (nSPS) is 17.9. The topological polar surface area (TPSA) is 83.7 Å². The van der Waals surface area contributed by atoms with Gasteiger partial charge in [-0.25, -0.2) is 4.79 Å². The van der Waals surface area contributed by atoms with Gasteiger partial charge in [0.15, 0.2) is 0 Å². The Morgan fingerprint density at radius 2 is 2.15 bits per heavy atom. The van der Waals surface area contributed by atoms with Gasteiger partial charge in [-0.05, 0) is 37.4 Å². The average Bonchev–Trinajstić information content (AvgIpc) is 2.98. The zero-order valence-corrected chi connectivity index (χ0v) is 15.4. The van der Waals surface area contributed by atoms with Crippen LogP contribution >= 0.6 is 0 Å². The summed E-state index contributed by atoms with van der Waals surface area (Å²) in [7, 11) is 2.89. The summed E-state index contributed by atoms with van der Waals surface area (Å²) in [4.78, 5) is 29.9. The van der Waals surface area contributed by atoms with Crippen molar-refractivity contribution < 1.29 is 19.1 Å². The molecule has 1 amide bonds. The molecule has 26 heavy (non-hydrogen) atoms. The van der Waals surface area contributed by atoms with Crippen molar-refractivity contribution in [3.05, 3.63) is 23.9 Å². The van der Waals surface area contributed by atoms with Gasteiger partial charge in [-0.1, -0.05) is 6.92 Å². The monoisotopic (exact) mass is 359 g/mol. The van der Waals surface area contributed by atoms with Gasteiger partial charge in [-0.3, -0.25) is 9.69 Å². The maximum absolute atomic E-state index is 12.6. The number of piperidine rings is 1. The van der Waals surface area contributed by atoms with Crippen LogP contribution in [0.2, 0.25) is 0 Å². The van der Waals surface area contributed by atoms with Crippen molar-refractivity contribution in [2.45, 2.75) is 19.8 Å². The average molecular weight is 359 g/mol. The Kier molecular flexibility index (Phi) is 5.46. The van der Waals surface area contributed by atoms with Crippen molar-refractivity contribution in [3.63, 3.8) is 0 Å². The number of rotatable bonds is 5. The van der Waals surface area contributed by atoms with E-state index < -0.39 is 5.97 Å². The maximum Gasteiger partial charge on any atom is 0.356 e. The summed E-state index contributed by atoms with van der Waals surface area (Å²) in [6.45, 7) is 4.36. The molecule has 1 aliphatic rings. The van der Waals surface area contributed by atoms with Crippen LogP contribution in [0.4, 0.5) is 5.69 Å². The molecule has 7 nitrogen and oxygen atoms in total. The molecule has 0 radical (unpaired) electrons. The molecule has 2 N–H and O–H groups in total. The van der Waals surface area contributed by atoms with E-state index in [0.717, 1.165) is 24.9 Å².